The van der Waals surface area contributed by atoms with Crippen LogP contribution in [0.25, 0.3) is 11.0 Å². The summed E-state index contributed by atoms with van der Waals surface area (Å²) in [6.45, 7) is 0.558. The van der Waals surface area contributed by atoms with Gasteiger partial charge in [-0.25, -0.2) is 0 Å². The number of benzene rings is 1. The number of carbonyl (C=O) groups is 1. The highest BCUT2D eigenvalue weighted by atomic mass is 32.1. The summed E-state index contributed by atoms with van der Waals surface area (Å²) in [7, 11) is 0. The standard InChI is InChI=1S/C14H15N3OS/c18-14(8-10-3-1-2-4-10)15-9-11-5-6-12-13(7-11)17-19-16-12/h1,3,5-7,10H,2,4,8-9H2,(H,15,18). The Morgan fingerprint density at radius 1 is 1.37 bits per heavy atom. The summed E-state index contributed by atoms with van der Waals surface area (Å²) in [6.07, 6.45) is 7.10. The fourth-order valence-corrected chi connectivity index (χ4v) is 2.83. The zero-order valence-corrected chi connectivity index (χ0v) is 11.3. The minimum Gasteiger partial charge on any atom is -0.352 e. The van der Waals surface area contributed by atoms with Crippen molar-refractivity contribution < 1.29 is 4.79 Å². The smallest absolute Gasteiger partial charge is 0.220 e. The first-order chi connectivity index (χ1) is 9.31. The van der Waals surface area contributed by atoms with Crippen molar-refractivity contribution >= 4 is 28.7 Å². The minimum atomic E-state index is 0.119. The summed E-state index contributed by atoms with van der Waals surface area (Å²) in [4.78, 5) is 11.8. The third-order valence-electron chi connectivity index (χ3n) is 3.37. The van der Waals surface area contributed by atoms with E-state index < -0.39 is 0 Å². The monoisotopic (exact) mass is 273 g/mol. The maximum Gasteiger partial charge on any atom is 0.220 e. The molecule has 1 aromatic heterocycles. The highest BCUT2D eigenvalue weighted by Gasteiger charge is 2.13. The molecule has 1 aliphatic rings. The van der Waals surface area contributed by atoms with Gasteiger partial charge in [0.05, 0.1) is 11.7 Å². The largest absolute Gasteiger partial charge is 0.352 e. The van der Waals surface area contributed by atoms with Crippen molar-refractivity contribution in [2.75, 3.05) is 0 Å². The van der Waals surface area contributed by atoms with Gasteiger partial charge in [0, 0.05) is 13.0 Å². The highest BCUT2D eigenvalue weighted by Crippen LogP contribution is 2.20. The van der Waals surface area contributed by atoms with Gasteiger partial charge in [0.1, 0.15) is 11.0 Å². The van der Waals surface area contributed by atoms with Crippen LogP contribution >= 0.6 is 11.7 Å². The van der Waals surface area contributed by atoms with Gasteiger partial charge in [-0.15, -0.1) is 0 Å². The molecular weight excluding hydrogens is 258 g/mol. The molecule has 19 heavy (non-hydrogen) atoms. The van der Waals surface area contributed by atoms with Gasteiger partial charge in [0.15, 0.2) is 0 Å². The van der Waals surface area contributed by atoms with Gasteiger partial charge in [0.2, 0.25) is 5.91 Å². The van der Waals surface area contributed by atoms with Gasteiger partial charge < -0.3 is 5.32 Å². The van der Waals surface area contributed by atoms with E-state index in [0.29, 0.717) is 18.9 Å². The predicted molar refractivity (Wildman–Crippen MR) is 75.7 cm³/mol. The van der Waals surface area contributed by atoms with E-state index in [-0.39, 0.29) is 5.91 Å². The summed E-state index contributed by atoms with van der Waals surface area (Å²) in [5, 5.41) is 2.97. The van der Waals surface area contributed by atoms with E-state index in [0.717, 1.165) is 29.4 Å². The topological polar surface area (TPSA) is 54.9 Å². The quantitative estimate of drug-likeness (QED) is 0.871. The molecule has 1 atom stereocenters. The van der Waals surface area contributed by atoms with Crippen LogP contribution < -0.4 is 5.32 Å². The van der Waals surface area contributed by atoms with Crippen LogP contribution in [0.2, 0.25) is 0 Å². The van der Waals surface area contributed by atoms with E-state index in [1.807, 2.05) is 18.2 Å². The van der Waals surface area contributed by atoms with Crippen LogP contribution in [0.5, 0.6) is 0 Å². The van der Waals surface area contributed by atoms with Crippen LogP contribution in [0.3, 0.4) is 0 Å². The Kier molecular flexibility index (Phi) is 3.55. The molecule has 3 rings (SSSR count). The van der Waals surface area contributed by atoms with E-state index in [1.54, 1.807) is 0 Å². The van der Waals surface area contributed by atoms with E-state index >= 15 is 0 Å². The van der Waals surface area contributed by atoms with Gasteiger partial charge >= 0.3 is 0 Å². The van der Waals surface area contributed by atoms with Gasteiger partial charge in [0.25, 0.3) is 0 Å². The number of allylic oxidation sites excluding steroid dienone is 2. The predicted octanol–water partition coefficient (Wildman–Crippen LogP) is 2.66. The second-order valence-corrected chi connectivity index (χ2v) is 5.36. The van der Waals surface area contributed by atoms with Crippen molar-refractivity contribution in [1.82, 2.24) is 14.1 Å². The highest BCUT2D eigenvalue weighted by molar-refractivity contribution is 7.00. The van der Waals surface area contributed by atoms with Gasteiger partial charge in [-0.2, -0.15) is 8.75 Å². The molecule has 5 heteroatoms. The molecule has 0 aliphatic heterocycles. The molecule has 98 valence electrons. The molecule has 0 radical (unpaired) electrons. The minimum absolute atomic E-state index is 0.119. The van der Waals surface area contributed by atoms with Crippen molar-refractivity contribution in [2.24, 2.45) is 5.92 Å². The van der Waals surface area contributed by atoms with Crippen molar-refractivity contribution in [3.05, 3.63) is 35.9 Å². The van der Waals surface area contributed by atoms with Crippen molar-refractivity contribution in [3.8, 4) is 0 Å². The molecule has 0 saturated carbocycles. The SMILES string of the molecule is O=C(CC1C=CCC1)NCc1ccc2nsnc2c1. The second-order valence-electron chi connectivity index (χ2n) is 4.83. The first-order valence-electron chi connectivity index (χ1n) is 6.46. The van der Waals surface area contributed by atoms with Crippen LogP contribution in [-0.2, 0) is 11.3 Å². The molecule has 1 aliphatic carbocycles. The molecule has 0 saturated heterocycles. The third-order valence-corrected chi connectivity index (χ3v) is 3.92. The molecule has 1 amide bonds. The lowest BCUT2D eigenvalue weighted by atomic mass is 10.1. The van der Waals surface area contributed by atoms with Crippen LogP contribution in [-0.4, -0.2) is 14.7 Å². The fourth-order valence-electron chi connectivity index (χ4n) is 2.31. The van der Waals surface area contributed by atoms with Crippen molar-refractivity contribution in [1.29, 1.82) is 0 Å². The van der Waals surface area contributed by atoms with Crippen molar-refractivity contribution in [2.45, 2.75) is 25.8 Å². The van der Waals surface area contributed by atoms with Crippen molar-refractivity contribution in [3.63, 3.8) is 0 Å². The van der Waals surface area contributed by atoms with Gasteiger partial charge in [-0.05, 0) is 36.5 Å². The summed E-state index contributed by atoms with van der Waals surface area (Å²) in [5.74, 6) is 0.540. The number of aromatic nitrogens is 2. The van der Waals surface area contributed by atoms with Crippen LogP contribution in [0.1, 0.15) is 24.8 Å². The van der Waals surface area contributed by atoms with Crippen LogP contribution in [0, 0.1) is 5.92 Å². The normalized spacial score (nSPS) is 18.0. The van der Waals surface area contributed by atoms with E-state index in [1.165, 1.54) is 11.7 Å². The first kappa shape index (κ1) is 12.3. The third kappa shape index (κ3) is 2.98. The number of nitrogens with one attached hydrogen (secondary N) is 1. The van der Waals surface area contributed by atoms with E-state index in [2.05, 4.69) is 26.2 Å². The Labute approximate surface area is 115 Å². The number of rotatable bonds is 4. The maximum absolute atomic E-state index is 11.8. The summed E-state index contributed by atoms with van der Waals surface area (Å²) in [6, 6.07) is 5.91. The molecule has 4 nitrogen and oxygen atoms in total. The maximum atomic E-state index is 11.8. The summed E-state index contributed by atoms with van der Waals surface area (Å²) >= 11 is 1.21. The number of hydrogen-bond acceptors (Lipinski definition) is 4. The molecular formula is C14H15N3OS. The summed E-state index contributed by atoms with van der Waals surface area (Å²) in [5.41, 5.74) is 2.88. The molecule has 0 fully saturated rings. The zero-order valence-electron chi connectivity index (χ0n) is 10.5. The Hall–Kier alpha value is -1.75. The zero-order chi connectivity index (χ0) is 13.1. The molecule has 2 aromatic rings. The lowest BCUT2D eigenvalue weighted by molar-refractivity contribution is -0.121. The fraction of sp³-hybridized carbons (Fsp3) is 0.357. The second kappa shape index (κ2) is 5.48. The Morgan fingerprint density at radius 3 is 3.11 bits per heavy atom. The lowest BCUT2D eigenvalue weighted by Gasteiger charge is -2.08. The molecule has 1 heterocycles. The van der Waals surface area contributed by atoms with Crippen LogP contribution in [0.4, 0.5) is 0 Å². The number of amides is 1. The van der Waals surface area contributed by atoms with Gasteiger partial charge in [-0.1, -0.05) is 18.2 Å². The number of hydrogen-bond donors (Lipinski definition) is 1. The number of fused-ring (bicyclic) bond motifs is 1. The van der Waals surface area contributed by atoms with E-state index in [9.17, 15) is 4.79 Å². The molecule has 0 bridgehead atoms. The van der Waals surface area contributed by atoms with E-state index in [4.69, 9.17) is 0 Å². The first-order valence-corrected chi connectivity index (χ1v) is 7.19. The number of carbonyl (C=O) groups excluding carboxylic acids is 1. The molecule has 1 aromatic carbocycles. The average Bonchev–Trinajstić information content (AvgIpc) is 3.06. The summed E-state index contributed by atoms with van der Waals surface area (Å²) < 4.78 is 8.36. The Morgan fingerprint density at radius 2 is 2.26 bits per heavy atom. The molecule has 1 unspecified atom stereocenters. The van der Waals surface area contributed by atoms with Gasteiger partial charge in [-0.3, -0.25) is 4.79 Å². The average molecular weight is 273 g/mol. The molecule has 1 N–H and O–H groups in total. The molecule has 0 spiro atoms. The van der Waals surface area contributed by atoms with Crippen LogP contribution in [0.15, 0.2) is 30.4 Å². The Balaban J connectivity index is 1.55. The number of nitrogens with zero attached hydrogens (tertiary/aromatic N) is 2. The Bertz CT molecular complexity index is 620. The lowest BCUT2D eigenvalue weighted by Crippen LogP contribution is -2.24.